The number of piperazine rings is 1. The molecule has 5 nitrogen and oxygen atoms in total. The third-order valence-electron chi connectivity index (χ3n) is 5.86. The molecule has 2 heterocycles. The first-order valence-corrected chi connectivity index (χ1v) is 11.0. The Labute approximate surface area is 184 Å². The predicted molar refractivity (Wildman–Crippen MR) is 126 cm³/mol. The fourth-order valence-electron chi connectivity index (χ4n) is 4.28. The highest BCUT2D eigenvalue weighted by Crippen LogP contribution is 2.31. The van der Waals surface area contributed by atoms with Crippen LogP contribution < -0.4 is 4.90 Å². The van der Waals surface area contributed by atoms with E-state index in [-0.39, 0.29) is 5.91 Å². The minimum absolute atomic E-state index is 0.101. The summed E-state index contributed by atoms with van der Waals surface area (Å²) in [5.41, 5.74) is 5.20. The molecule has 5 heteroatoms. The first-order valence-electron chi connectivity index (χ1n) is 11.0. The van der Waals surface area contributed by atoms with Crippen LogP contribution in [0.25, 0.3) is 11.4 Å². The zero-order valence-electron chi connectivity index (χ0n) is 18.8. The Kier molecular flexibility index (Phi) is 6.03. The minimum atomic E-state index is 0.101. The standard InChI is InChI=1S/C26H30N4O/c1-18(2)23-20(4)27-24(22-12-8-9-19(3)17-22)28-25(23)29-13-15-30(16-14-29)26(31)21-10-6-5-7-11-21/h5-12,17-18H,13-16H2,1-4H3. The van der Waals surface area contributed by atoms with Crippen LogP contribution in [0, 0.1) is 13.8 Å². The average Bonchev–Trinajstić information content (AvgIpc) is 2.78. The van der Waals surface area contributed by atoms with E-state index in [2.05, 4.69) is 50.8 Å². The van der Waals surface area contributed by atoms with E-state index in [9.17, 15) is 4.79 Å². The van der Waals surface area contributed by atoms with Gasteiger partial charge in [-0.15, -0.1) is 0 Å². The lowest BCUT2D eigenvalue weighted by molar-refractivity contribution is 0.0746. The Hall–Kier alpha value is -3.21. The number of amides is 1. The van der Waals surface area contributed by atoms with Crippen LogP contribution in [0.2, 0.25) is 0 Å². The van der Waals surface area contributed by atoms with E-state index in [1.54, 1.807) is 0 Å². The number of carbonyl (C=O) groups is 1. The normalized spacial score (nSPS) is 14.2. The second kappa shape index (κ2) is 8.88. The van der Waals surface area contributed by atoms with Gasteiger partial charge in [0.2, 0.25) is 0 Å². The molecule has 0 N–H and O–H groups in total. The molecule has 3 aromatic rings. The molecule has 0 bridgehead atoms. The van der Waals surface area contributed by atoms with Gasteiger partial charge >= 0.3 is 0 Å². The quantitative estimate of drug-likeness (QED) is 0.613. The summed E-state index contributed by atoms with van der Waals surface area (Å²) in [6.45, 7) is 11.5. The summed E-state index contributed by atoms with van der Waals surface area (Å²) >= 11 is 0. The number of aryl methyl sites for hydroxylation is 2. The number of carbonyl (C=O) groups excluding carboxylic acids is 1. The lowest BCUT2D eigenvalue weighted by atomic mass is 10.0. The fourth-order valence-corrected chi connectivity index (χ4v) is 4.28. The number of aromatic nitrogens is 2. The molecule has 1 saturated heterocycles. The Morgan fingerprint density at radius 3 is 2.26 bits per heavy atom. The van der Waals surface area contributed by atoms with Crippen LogP contribution in [0.1, 0.15) is 46.9 Å². The van der Waals surface area contributed by atoms with Gasteiger partial charge in [-0.05, 0) is 38.0 Å². The number of rotatable bonds is 4. The summed E-state index contributed by atoms with van der Waals surface area (Å²) in [5.74, 6) is 2.20. The number of hydrogen-bond donors (Lipinski definition) is 0. The molecule has 1 aromatic heterocycles. The van der Waals surface area contributed by atoms with Crippen molar-refractivity contribution in [2.45, 2.75) is 33.6 Å². The van der Waals surface area contributed by atoms with Crippen LogP contribution in [0.15, 0.2) is 54.6 Å². The molecule has 31 heavy (non-hydrogen) atoms. The topological polar surface area (TPSA) is 49.3 Å². The summed E-state index contributed by atoms with van der Waals surface area (Å²) in [6, 6.07) is 17.9. The first kappa shape index (κ1) is 21.0. The first-order chi connectivity index (χ1) is 14.9. The molecule has 1 amide bonds. The highest BCUT2D eigenvalue weighted by Gasteiger charge is 2.26. The van der Waals surface area contributed by atoms with Crippen molar-refractivity contribution in [1.29, 1.82) is 0 Å². The molecule has 0 atom stereocenters. The molecular weight excluding hydrogens is 384 g/mol. The number of nitrogens with zero attached hydrogens (tertiary/aromatic N) is 4. The van der Waals surface area contributed by atoms with Gasteiger partial charge in [-0.3, -0.25) is 4.79 Å². The van der Waals surface area contributed by atoms with Gasteiger partial charge in [0.15, 0.2) is 5.82 Å². The Morgan fingerprint density at radius 1 is 0.903 bits per heavy atom. The monoisotopic (exact) mass is 414 g/mol. The largest absolute Gasteiger partial charge is 0.353 e. The van der Waals surface area contributed by atoms with Crippen molar-refractivity contribution in [2.24, 2.45) is 0 Å². The van der Waals surface area contributed by atoms with E-state index < -0.39 is 0 Å². The third-order valence-corrected chi connectivity index (χ3v) is 5.86. The molecule has 0 saturated carbocycles. The minimum Gasteiger partial charge on any atom is -0.353 e. The van der Waals surface area contributed by atoms with E-state index in [0.29, 0.717) is 19.0 Å². The maximum Gasteiger partial charge on any atom is 0.253 e. The maximum absolute atomic E-state index is 12.8. The van der Waals surface area contributed by atoms with Crippen molar-refractivity contribution in [2.75, 3.05) is 31.1 Å². The van der Waals surface area contributed by atoms with Gasteiger partial charge in [0.05, 0.1) is 0 Å². The van der Waals surface area contributed by atoms with Crippen molar-refractivity contribution in [1.82, 2.24) is 14.9 Å². The van der Waals surface area contributed by atoms with Crippen LogP contribution in [-0.2, 0) is 0 Å². The molecule has 0 spiro atoms. The van der Waals surface area contributed by atoms with Gasteiger partial charge < -0.3 is 9.80 Å². The molecule has 0 unspecified atom stereocenters. The van der Waals surface area contributed by atoms with E-state index >= 15 is 0 Å². The lowest BCUT2D eigenvalue weighted by Gasteiger charge is -2.37. The zero-order chi connectivity index (χ0) is 22.0. The molecule has 1 fully saturated rings. The Bertz CT molecular complexity index is 1070. The molecule has 2 aromatic carbocycles. The molecule has 1 aliphatic heterocycles. The molecule has 0 radical (unpaired) electrons. The smallest absolute Gasteiger partial charge is 0.253 e. The van der Waals surface area contributed by atoms with Crippen molar-refractivity contribution in [3.8, 4) is 11.4 Å². The van der Waals surface area contributed by atoms with E-state index in [0.717, 1.165) is 41.6 Å². The third kappa shape index (κ3) is 4.46. The Morgan fingerprint density at radius 2 is 1.61 bits per heavy atom. The van der Waals surface area contributed by atoms with Gasteiger partial charge in [0.25, 0.3) is 5.91 Å². The molecule has 4 rings (SSSR count). The van der Waals surface area contributed by atoms with Gasteiger partial charge in [0.1, 0.15) is 5.82 Å². The Balaban J connectivity index is 1.61. The van der Waals surface area contributed by atoms with E-state index in [4.69, 9.17) is 9.97 Å². The summed E-state index contributed by atoms with van der Waals surface area (Å²) in [5, 5.41) is 0. The SMILES string of the molecule is Cc1cccc(-c2nc(C)c(C(C)C)c(N3CCN(C(=O)c4ccccc4)CC3)n2)c1. The van der Waals surface area contributed by atoms with Gasteiger partial charge in [-0.1, -0.05) is 55.8 Å². The zero-order valence-corrected chi connectivity index (χ0v) is 18.8. The van der Waals surface area contributed by atoms with E-state index in [1.165, 1.54) is 11.1 Å². The van der Waals surface area contributed by atoms with Crippen molar-refractivity contribution in [3.05, 3.63) is 77.0 Å². The summed E-state index contributed by atoms with van der Waals surface area (Å²) in [7, 11) is 0. The average molecular weight is 415 g/mol. The highest BCUT2D eigenvalue weighted by molar-refractivity contribution is 5.94. The summed E-state index contributed by atoms with van der Waals surface area (Å²) in [6.07, 6.45) is 0. The van der Waals surface area contributed by atoms with Crippen LogP contribution in [0.5, 0.6) is 0 Å². The number of benzene rings is 2. The fraction of sp³-hybridized carbons (Fsp3) is 0.346. The van der Waals surface area contributed by atoms with E-state index in [1.807, 2.05) is 41.3 Å². The molecule has 160 valence electrons. The second-order valence-corrected chi connectivity index (χ2v) is 8.54. The summed E-state index contributed by atoms with van der Waals surface area (Å²) in [4.78, 5) is 27.0. The molecular formula is C26H30N4O. The lowest BCUT2D eigenvalue weighted by Crippen LogP contribution is -2.49. The van der Waals surface area contributed by atoms with Crippen LogP contribution in [0.3, 0.4) is 0 Å². The van der Waals surface area contributed by atoms with Crippen molar-refractivity contribution in [3.63, 3.8) is 0 Å². The number of hydrogen-bond acceptors (Lipinski definition) is 4. The predicted octanol–water partition coefficient (Wildman–Crippen LogP) is 4.85. The molecule has 0 aliphatic carbocycles. The summed E-state index contributed by atoms with van der Waals surface area (Å²) < 4.78 is 0. The van der Waals surface area contributed by atoms with Crippen molar-refractivity contribution < 1.29 is 4.79 Å². The molecule has 1 aliphatic rings. The second-order valence-electron chi connectivity index (χ2n) is 8.54. The maximum atomic E-state index is 12.8. The van der Waals surface area contributed by atoms with Crippen LogP contribution in [-0.4, -0.2) is 47.0 Å². The van der Waals surface area contributed by atoms with Crippen LogP contribution >= 0.6 is 0 Å². The van der Waals surface area contributed by atoms with Gasteiger partial charge in [-0.25, -0.2) is 9.97 Å². The van der Waals surface area contributed by atoms with Crippen molar-refractivity contribution >= 4 is 11.7 Å². The number of anilines is 1. The van der Waals surface area contributed by atoms with Gasteiger partial charge in [-0.2, -0.15) is 0 Å². The highest BCUT2D eigenvalue weighted by atomic mass is 16.2. The van der Waals surface area contributed by atoms with Gasteiger partial charge in [0, 0.05) is 48.6 Å². The van der Waals surface area contributed by atoms with Crippen LogP contribution in [0.4, 0.5) is 5.82 Å².